The SMILES string of the molecule is CCS(=O)(=O)CCNC1CCCCC1C. The molecule has 4 heteroatoms. The molecule has 0 heterocycles. The van der Waals surface area contributed by atoms with Crippen LogP contribution in [0.4, 0.5) is 0 Å². The molecule has 0 aromatic rings. The van der Waals surface area contributed by atoms with Gasteiger partial charge in [0.2, 0.25) is 0 Å². The molecular formula is C11H23NO2S. The van der Waals surface area contributed by atoms with Gasteiger partial charge in [-0.25, -0.2) is 8.42 Å². The molecule has 1 N–H and O–H groups in total. The Morgan fingerprint density at radius 1 is 1.27 bits per heavy atom. The fourth-order valence-electron chi connectivity index (χ4n) is 2.16. The third-order valence-corrected chi connectivity index (χ3v) is 5.08. The van der Waals surface area contributed by atoms with Crippen LogP contribution in [0.15, 0.2) is 0 Å². The molecule has 0 aliphatic heterocycles. The molecular weight excluding hydrogens is 210 g/mol. The average Bonchev–Trinajstić information content (AvgIpc) is 2.21. The predicted molar refractivity (Wildman–Crippen MR) is 63.8 cm³/mol. The molecule has 1 fully saturated rings. The molecule has 3 nitrogen and oxygen atoms in total. The number of rotatable bonds is 5. The Labute approximate surface area is 93.6 Å². The molecule has 1 saturated carbocycles. The molecule has 0 aromatic heterocycles. The minimum Gasteiger partial charge on any atom is -0.313 e. The molecule has 0 radical (unpaired) electrons. The Bertz CT molecular complexity index is 274. The van der Waals surface area contributed by atoms with E-state index in [-0.39, 0.29) is 11.5 Å². The second-order valence-corrected chi connectivity index (χ2v) is 7.03. The zero-order valence-electron chi connectivity index (χ0n) is 9.83. The van der Waals surface area contributed by atoms with Gasteiger partial charge in [-0.1, -0.05) is 26.7 Å². The standard InChI is InChI=1S/C11H23NO2S/c1-3-15(13,14)9-8-12-11-7-5-4-6-10(11)2/h10-12H,3-9H2,1-2H3. The summed E-state index contributed by atoms with van der Waals surface area (Å²) >= 11 is 0. The van der Waals surface area contributed by atoms with Gasteiger partial charge in [-0.2, -0.15) is 0 Å². The van der Waals surface area contributed by atoms with Crippen LogP contribution in [0.3, 0.4) is 0 Å². The van der Waals surface area contributed by atoms with Crippen molar-refractivity contribution in [2.75, 3.05) is 18.1 Å². The summed E-state index contributed by atoms with van der Waals surface area (Å²) < 4.78 is 22.6. The normalized spacial score (nSPS) is 27.9. The van der Waals surface area contributed by atoms with E-state index in [0.29, 0.717) is 18.5 Å². The molecule has 1 rings (SSSR count). The van der Waals surface area contributed by atoms with E-state index in [2.05, 4.69) is 12.2 Å². The highest BCUT2D eigenvalue weighted by molar-refractivity contribution is 7.91. The van der Waals surface area contributed by atoms with Gasteiger partial charge in [0.25, 0.3) is 0 Å². The molecule has 15 heavy (non-hydrogen) atoms. The minimum atomic E-state index is -2.80. The predicted octanol–water partition coefficient (Wildman–Crippen LogP) is 1.59. The van der Waals surface area contributed by atoms with E-state index in [9.17, 15) is 8.42 Å². The van der Waals surface area contributed by atoms with Crippen LogP contribution in [0, 0.1) is 5.92 Å². The molecule has 1 aliphatic carbocycles. The van der Waals surface area contributed by atoms with Crippen LogP contribution >= 0.6 is 0 Å². The lowest BCUT2D eigenvalue weighted by molar-refractivity contribution is 0.285. The summed E-state index contributed by atoms with van der Waals surface area (Å²) in [6.07, 6.45) is 5.08. The summed E-state index contributed by atoms with van der Waals surface area (Å²) in [5, 5.41) is 3.38. The smallest absolute Gasteiger partial charge is 0.151 e. The van der Waals surface area contributed by atoms with E-state index in [1.807, 2.05) is 0 Å². The van der Waals surface area contributed by atoms with Crippen molar-refractivity contribution in [2.24, 2.45) is 5.92 Å². The first kappa shape index (κ1) is 13.0. The maximum atomic E-state index is 11.3. The van der Waals surface area contributed by atoms with Gasteiger partial charge in [0.15, 0.2) is 9.84 Å². The molecule has 1 aliphatic rings. The number of sulfone groups is 1. The topological polar surface area (TPSA) is 46.2 Å². The molecule has 0 amide bonds. The summed E-state index contributed by atoms with van der Waals surface area (Å²) in [5.41, 5.74) is 0. The van der Waals surface area contributed by atoms with Gasteiger partial charge in [0, 0.05) is 18.3 Å². The van der Waals surface area contributed by atoms with Crippen molar-refractivity contribution in [3.05, 3.63) is 0 Å². The Hall–Kier alpha value is -0.0900. The third kappa shape index (κ3) is 4.51. The molecule has 2 atom stereocenters. The van der Waals surface area contributed by atoms with Crippen LogP contribution in [-0.4, -0.2) is 32.5 Å². The maximum absolute atomic E-state index is 11.3. The summed E-state index contributed by atoms with van der Waals surface area (Å²) in [6, 6.07) is 0.533. The van der Waals surface area contributed by atoms with Crippen molar-refractivity contribution in [2.45, 2.75) is 45.6 Å². The molecule has 2 unspecified atom stereocenters. The molecule has 0 spiro atoms. The Morgan fingerprint density at radius 3 is 2.53 bits per heavy atom. The van der Waals surface area contributed by atoms with E-state index < -0.39 is 9.84 Å². The highest BCUT2D eigenvalue weighted by Crippen LogP contribution is 2.23. The lowest BCUT2D eigenvalue weighted by atomic mass is 9.86. The van der Waals surface area contributed by atoms with Gasteiger partial charge in [-0.15, -0.1) is 0 Å². The van der Waals surface area contributed by atoms with E-state index in [4.69, 9.17) is 0 Å². The van der Waals surface area contributed by atoms with Gasteiger partial charge < -0.3 is 5.32 Å². The highest BCUT2D eigenvalue weighted by atomic mass is 32.2. The second-order valence-electron chi connectivity index (χ2n) is 4.56. The van der Waals surface area contributed by atoms with Gasteiger partial charge >= 0.3 is 0 Å². The fourth-order valence-corrected chi connectivity index (χ4v) is 2.88. The lowest BCUT2D eigenvalue weighted by Crippen LogP contribution is -2.39. The summed E-state index contributed by atoms with van der Waals surface area (Å²) in [6.45, 7) is 4.58. The van der Waals surface area contributed by atoms with Crippen molar-refractivity contribution in [3.63, 3.8) is 0 Å². The monoisotopic (exact) mass is 233 g/mol. The van der Waals surface area contributed by atoms with E-state index in [1.54, 1.807) is 6.92 Å². The first-order chi connectivity index (χ1) is 7.05. The van der Waals surface area contributed by atoms with Gasteiger partial charge in [-0.05, 0) is 18.8 Å². The number of nitrogens with one attached hydrogen (secondary N) is 1. The highest BCUT2D eigenvalue weighted by Gasteiger charge is 2.20. The minimum absolute atomic E-state index is 0.259. The van der Waals surface area contributed by atoms with Gasteiger partial charge in [0.1, 0.15) is 0 Å². The van der Waals surface area contributed by atoms with E-state index >= 15 is 0 Å². The van der Waals surface area contributed by atoms with Gasteiger partial charge in [-0.3, -0.25) is 0 Å². The van der Waals surface area contributed by atoms with Crippen molar-refractivity contribution >= 4 is 9.84 Å². The molecule has 0 aromatic carbocycles. The molecule has 0 bridgehead atoms. The second kappa shape index (κ2) is 5.85. The molecule has 0 saturated heterocycles. The lowest BCUT2D eigenvalue weighted by Gasteiger charge is -2.29. The van der Waals surface area contributed by atoms with Crippen LogP contribution in [-0.2, 0) is 9.84 Å². The fraction of sp³-hybridized carbons (Fsp3) is 1.00. The van der Waals surface area contributed by atoms with E-state index in [1.165, 1.54) is 25.7 Å². The zero-order chi connectivity index (χ0) is 11.3. The van der Waals surface area contributed by atoms with Crippen LogP contribution in [0.5, 0.6) is 0 Å². The van der Waals surface area contributed by atoms with Crippen molar-refractivity contribution < 1.29 is 8.42 Å². The third-order valence-electron chi connectivity index (χ3n) is 3.37. The summed E-state index contributed by atoms with van der Waals surface area (Å²) in [7, 11) is -2.80. The van der Waals surface area contributed by atoms with Gasteiger partial charge in [0.05, 0.1) is 5.75 Å². The quantitative estimate of drug-likeness (QED) is 0.784. The molecule has 90 valence electrons. The Kier molecular flexibility index (Phi) is 5.06. The van der Waals surface area contributed by atoms with Crippen LogP contribution in [0.1, 0.15) is 39.5 Å². The van der Waals surface area contributed by atoms with Crippen LogP contribution in [0.2, 0.25) is 0 Å². The average molecular weight is 233 g/mol. The first-order valence-electron chi connectivity index (χ1n) is 5.99. The first-order valence-corrected chi connectivity index (χ1v) is 7.81. The summed E-state index contributed by atoms with van der Waals surface area (Å²) in [5.74, 6) is 1.24. The van der Waals surface area contributed by atoms with Crippen molar-refractivity contribution in [1.82, 2.24) is 5.32 Å². The largest absolute Gasteiger partial charge is 0.313 e. The Balaban J connectivity index is 2.25. The number of hydrogen-bond acceptors (Lipinski definition) is 3. The Morgan fingerprint density at radius 2 is 1.93 bits per heavy atom. The van der Waals surface area contributed by atoms with Crippen LogP contribution < -0.4 is 5.32 Å². The van der Waals surface area contributed by atoms with Crippen molar-refractivity contribution in [1.29, 1.82) is 0 Å². The van der Waals surface area contributed by atoms with Crippen LogP contribution in [0.25, 0.3) is 0 Å². The maximum Gasteiger partial charge on any atom is 0.151 e. The summed E-state index contributed by atoms with van der Waals surface area (Å²) in [4.78, 5) is 0. The number of hydrogen-bond donors (Lipinski definition) is 1. The zero-order valence-corrected chi connectivity index (χ0v) is 10.6. The van der Waals surface area contributed by atoms with E-state index in [0.717, 1.165) is 0 Å². The van der Waals surface area contributed by atoms with Crippen molar-refractivity contribution in [3.8, 4) is 0 Å².